The molecule has 4 rings (SSSR count). The van der Waals surface area contributed by atoms with Crippen LogP contribution in [0.5, 0.6) is 17.4 Å². The van der Waals surface area contributed by atoms with E-state index >= 15 is 0 Å². The molecule has 30 heavy (non-hydrogen) atoms. The molecule has 2 N–H and O–H groups in total. The molecule has 0 aliphatic heterocycles. The number of hydrogen-bond donors (Lipinski definition) is 2. The summed E-state index contributed by atoms with van der Waals surface area (Å²) in [6, 6.07) is 8.92. The van der Waals surface area contributed by atoms with Gasteiger partial charge in [-0.3, -0.25) is 4.98 Å². The molecular formula is C21H19FN2O5S. The highest BCUT2D eigenvalue weighted by Gasteiger charge is 2.26. The summed E-state index contributed by atoms with van der Waals surface area (Å²) in [5.74, 6) is -0.977. The van der Waals surface area contributed by atoms with E-state index in [0.29, 0.717) is 10.9 Å². The molecule has 0 radical (unpaired) electrons. The Morgan fingerprint density at radius 2 is 1.83 bits per heavy atom. The molecule has 0 saturated heterocycles. The Bertz CT molecular complexity index is 1360. The number of rotatable bonds is 5. The summed E-state index contributed by atoms with van der Waals surface area (Å²) in [6.45, 7) is 3.15. The molecule has 2 aromatic carbocycles. The number of halogens is 1. The van der Waals surface area contributed by atoms with Gasteiger partial charge in [-0.1, -0.05) is 12.1 Å². The van der Waals surface area contributed by atoms with E-state index in [4.69, 9.17) is 4.18 Å². The fourth-order valence-electron chi connectivity index (χ4n) is 3.20. The van der Waals surface area contributed by atoms with E-state index < -0.39 is 15.4 Å². The van der Waals surface area contributed by atoms with Crippen LogP contribution in [0.3, 0.4) is 0 Å². The number of phenolic OH excluding ortho intramolecular Hbond substituents is 1. The smallest absolute Gasteiger partial charge is 0.311 e. The third-order valence-electron chi connectivity index (χ3n) is 4.85. The van der Waals surface area contributed by atoms with Crippen molar-refractivity contribution in [2.75, 3.05) is 0 Å². The Morgan fingerprint density at radius 3 is 2.50 bits per heavy atom. The van der Waals surface area contributed by atoms with Crippen molar-refractivity contribution in [3.63, 3.8) is 0 Å². The van der Waals surface area contributed by atoms with E-state index in [0.717, 1.165) is 0 Å². The molecule has 0 aliphatic carbocycles. The lowest BCUT2D eigenvalue weighted by Crippen LogP contribution is -2.20. The van der Waals surface area contributed by atoms with Gasteiger partial charge in [0.1, 0.15) is 11.3 Å². The van der Waals surface area contributed by atoms with Gasteiger partial charge in [0.2, 0.25) is 5.88 Å². The van der Waals surface area contributed by atoms with Crippen LogP contribution < -0.4 is 4.18 Å². The molecule has 0 atom stereocenters. The van der Waals surface area contributed by atoms with Gasteiger partial charge in [0.15, 0.2) is 11.5 Å². The van der Waals surface area contributed by atoms with Gasteiger partial charge in [-0.25, -0.2) is 4.39 Å². The van der Waals surface area contributed by atoms with Gasteiger partial charge in [0, 0.05) is 17.8 Å². The molecule has 0 saturated carbocycles. The second-order valence-electron chi connectivity index (χ2n) is 7.20. The zero-order valence-electron chi connectivity index (χ0n) is 16.2. The highest BCUT2D eigenvalue weighted by Crippen LogP contribution is 2.46. The van der Waals surface area contributed by atoms with Gasteiger partial charge >= 0.3 is 10.1 Å². The van der Waals surface area contributed by atoms with E-state index in [1.165, 1.54) is 42.9 Å². The van der Waals surface area contributed by atoms with Crippen LogP contribution in [0, 0.1) is 5.82 Å². The Hall–Kier alpha value is -3.33. The van der Waals surface area contributed by atoms with Gasteiger partial charge in [0.25, 0.3) is 0 Å². The van der Waals surface area contributed by atoms with Gasteiger partial charge in [-0.2, -0.15) is 8.42 Å². The maximum absolute atomic E-state index is 13.2. The number of aromatic hydroxyl groups is 2. The molecule has 2 heterocycles. The van der Waals surface area contributed by atoms with Crippen molar-refractivity contribution in [3.05, 3.63) is 60.2 Å². The minimum atomic E-state index is -3.96. The molecule has 2 aromatic heterocycles. The van der Waals surface area contributed by atoms with Crippen LogP contribution in [0.25, 0.3) is 21.7 Å². The standard InChI is InChI=1S/C21H19FN2O5S/c1-12(2)30(27,28)29-20-15-4-3-9-23-18(15)19(25)17-16(20)11-24(21(17)26)10-13-5-7-14(22)8-6-13/h3-9,11-12,25-26H,10H2,1-2H3. The van der Waals surface area contributed by atoms with Crippen molar-refractivity contribution < 1.29 is 27.2 Å². The molecule has 156 valence electrons. The zero-order chi connectivity index (χ0) is 21.6. The van der Waals surface area contributed by atoms with Crippen LogP contribution in [0.2, 0.25) is 0 Å². The van der Waals surface area contributed by atoms with Gasteiger partial charge in [0.05, 0.1) is 22.6 Å². The normalized spacial score (nSPS) is 12.1. The first-order valence-corrected chi connectivity index (χ1v) is 10.7. The maximum atomic E-state index is 13.2. The Kier molecular flexibility index (Phi) is 4.77. The first kappa shape index (κ1) is 20.0. The van der Waals surface area contributed by atoms with Crippen molar-refractivity contribution in [3.8, 4) is 17.4 Å². The largest absolute Gasteiger partial charge is 0.505 e. The number of nitrogens with zero attached hydrogens (tertiary/aromatic N) is 2. The third kappa shape index (κ3) is 3.30. The summed E-state index contributed by atoms with van der Waals surface area (Å²) in [5, 5.41) is 21.3. The van der Waals surface area contributed by atoms with Crippen molar-refractivity contribution in [1.82, 2.24) is 9.55 Å². The summed E-state index contributed by atoms with van der Waals surface area (Å²) in [5.41, 5.74) is 0.806. The van der Waals surface area contributed by atoms with Gasteiger partial charge in [-0.15, -0.1) is 0 Å². The quantitative estimate of drug-likeness (QED) is 0.466. The monoisotopic (exact) mass is 430 g/mol. The minimum Gasteiger partial charge on any atom is -0.505 e. The summed E-state index contributed by atoms with van der Waals surface area (Å²) in [4.78, 5) is 4.12. The van der Waals surface area contributed by atoms with Crippen molar-refractivity contribution in [2.24, 2.45) is 0 Å². The predicted molar refractivity (Wildman–Crippen MR) is 111 cm³/mol. The lowest BCUT2D eigenvalue weighted by atomic mass is 10.1. The highest BCUT2D eigenvalue weighted by atomic mass is 32.2. The molecule has 7 nitrogen and oxygen atoms in total. The number of hydrogen-bond acceptors (Lipinski definition) is 6. The molecule has 0 bridgehead atoms. The molecule has 0 amide bonds. The summed E-state index contributed by atoms with van der Waals surface area (Å²) in [6.07, 6.45) is 2.94. The van der Waals surface area contributed by atoms with Crippen LogP contribution in [0.15, 0.2) is 48.8 Å². The van der Waals surface area contributed by atoms with E-state index in [-0.39, 0.29) is 46.0 Å². The minimum absolute atomic E-state index is 0.0206. The average molecular weight is 430 g/mol. The molecule has 0 fully saturated rings. The molecule has 4 aromatic rings. The number of aromatic nitrogens is 2. The lowest BCUT2D eigenvalue weighted by Gasteiger charge is -2.13. The Balaban J connectivity index is 1.98. The topological polar surface area (TPSA) is 102 Å². The lowest BCUT2D eigenvalue weighted by molar-refractivity contribution is 0.425. The predicted octanol–water partition coefficient (Wildman–Crippen LogP) is 3.91. The molecule has 0 unspecified atom stereocenters. The Morgan fingerprint density at radius 1 is 1.13 bits per heavy atom. The Labute approximate surface area is 172 Å². The fraction of sp³-hybridized carbons (Fsp3) is 0.190. The first-order valence-electron chi connectivity index (χ1n) is 9.18. The van der Waals surface area contributed by atoms with Crippen molar-refractivity contribution >= 4 is 31.8 Å². The van der Waals surface area contributed by atoms with E-state index in [9.17, 15) is 23.0 Å². The summed E-state index contributed by atoms with van der Waals surface area (Å²) in [7, 11) is -3.96. The van der Waals surface area contributed by atoms with Crippen molar-refractivity contribution in [2.45, 2.75) is 25.6 Å². The number of pyridine rings is 1. The van der Waals surface area contributed by atoms with Gasteiger partial charge < -0.3 is 19.0 Å². The maximum Gasteiger partial charge on any atom is 0.311 e. The summed E-state index contributed by atoms with van der Waals surface area (Å²) >= 11 is 0. The van der Waals surface area contributed by atoms with Gasteiger partial charge in [-0.05, 0) is 43.7 Å². The van der Waals surface area contributed by atoms with Crippen molar-refractivity contribution in [1.29, 1.82) is 0 Å². The average Bonchev–Trinajstić information content (AvgIpc) is 3.03. The van der Waals surface area contributed by atoms with E-state index in [2.05, 4.69) is 4.98 Å². The van der Waals surface area contributed by atoms with Crippen LogP contribution in [0.4, 0.5) is 4.39 Å². The third-order valence-corrected chi connectivity index (χ3v) is 6.40. The first-order chi connectivity index (χ1) is 14.2. The van der Waals surface area contributed by atoms with E-state index in [1.807, 2.05) is 0 Å². The van der Waals surface area contributed by atoms with Crippen LogP contribution in [0.1, 0.15) is 19.4 Å². The second-order valence-corrected chi connectivity index (χ2v) is 9.29. The van der Waals surface area contributed by atoms with Crippen LogP contribution in [-0.4, -0.2) is 33.4 Å². The zero-order valence-corrected chi connectivity index (χ0v) is 17.0. The number of phenols is 1. The number of fused-ring (bicyclic) bond motifs is 2. The SMILES string of the molecule is CC(C)S(=O)(=O)Oc1c2cccnc2c(O)c2c(O)n(Cc3ccc(F)cc3)cc12. The molecule has 0 spiro atoms. The number of benzene rings is 2. The molecular weight excluding hydrogens is 411 g/mol. The van der Waals surface area contributed by atoms with E-state index in [1.54, 1.807) is 24.3 Å². The highest BCUT2D eigenvalue weighted by molar-refractivity contribution is 7.87. The second kappa shape index (κ2) is 7.17. The van der Waals surface area contributed by atoms with Crippen LogP contribution >= 0.6 is 0 Å². The molecule has 9 heteroatoms. The molecule has 0 aliphatic rings. The van der Waals surface area contributed by atoms with Crippen LogP contribution in [-0.2, 0) is 16.7 Å². The summed E-state index contributed by atoms with van der Waals surface area (Å²) < 4.78 is 45.0. The fourth-order valence-corrected chi connectivity index (χ4v) is 3.81.